The van der Waals surface area contributed by atoms with E-state index in [1.165, 1.54) is 23.1 Å². The summed E-state index contributed by atoms with van der Waals surface area (Å²) < 4.78 is 10.9. The van der Waals surface area contributed by atoms with Gasteiger partial charge in [0.05, 0.1) is 27.1 Å². The van der Waals surface area contributed by atoms with E-state index in [1.807, 2.05) is 42.5 Å². The molecule has 9 heteroatoms. The van der Waals surface area contributed by atoms with Crippen molar-refractivity contribution in [3.8, 4) is 11.5 Å². The minimum Gasteiger partial charge on any atom is -0.454 e. The number of thioether (sulfide) groups is 1. The molecule has 7 nitrogen and oxygen atoms in total. The first-order valence-electron chi connectivity index (χ1n) is 8.87. The molecule has 2 aliphatic heterocycles. The Kier molecular flexibility index (Phi) is 4.41. The fourth-order valence-electron chi connectivity index (χ4n) is 3.44. The molecule has 3 aromatic carbocycles. The van der Waals surface area contributed by atoms with Gasteiger partial charge in [0.1, 0.15) is 0 Å². The number of carbonyl (C=O) groups excluding carboxylic acids is 1. The van der Waals surface area contributed by atoms with E-state index < -0.39 is 4.92 Å². The van der Waals surface area contributed by atoms with Gasteiger partial charge < -0.3 is 9.47 Å². The second-order valence-corrected chi connectivity index (χ2v) is 8.21. The molecule has 0 spiro atoms. The minimum absolute atomic E-state index is 0.000855. The third-order valence-corrected chi connectivity index (χ3v) is 6.11. The van der Waals surface area contributed by atoms with E-state index in [1.54, 1.807) is 0 Å². The van der Waals surface area contributed by atoms with Gasteiger partial charge in [-0.2, -0.15) is 0 Å². The Balaban J connectivity index is 1.58. The Morgan fingerprint density at radius 3 is 2.63 bits per heavy atom. The average Bonchev–Trinajstić information content (AvgIpc) is 3.30. The molecule has 1 fully saturated rings. The second-order valence-electron chi connectivity index (χ2n) is 6.54. The van der Waals surface area contributed by atoms with E-state index in [-0.39, 0.29) is 24.0 Å². The third kappa shape index (κ3) is 2.99. The average molecular weight is 436 g/mol. The molecule has 0 saturated carbocycles. The zero-order valence-electron chi connectivity index (χ0n) is 15.2. The van der Waals surface area contributed by atoms with Gasteiger partial charge in [-0.3, -0.25) is 19.8 Å². The number of nitrogens with zero attached hydrogens (tertiary/aromatic N) is 2. The lowest BCUT2D eigenvalue weighted by Crippen LogP contribution is -2.27. The molecule has 3 aromatic rings. The van der Waals surface area contributed by atoms with Crippen LogP contribution >= 0.6 is 24.0 Å². The predicted octanol–water partition coefficient (Wildman–Crippen LogP) is 4.88. The van der Waals surface area contributed by atoms with Crippen molar-refractivity contribution >= 4 is 62.4 Å². The van der Waals surface area contributed by atoms with Crippen LogP contribution in [0.4, 0.5) is 11.4 Å². The van der Waals surface area contributed by atoms with Gasteiger partial charge in [-0.05, 0) is 23.6 Å². The maximum atomic E-state index is 13.2. The Morgan fingerprint density at radius 1 is 1.10 bits per heavy atom. The quantitative estimate of drug-likeness (QED) is 0.250. The molecule has 1 amide bonds. The van der Waals surface area contributed by atoms with Crippen LogP contribution in [0.25, 0.3) is 16.8 Å². The molecule has 5 rings (SSSR count). The molecule has 0 aromatic heterocycles. The number of anilines is 1. The summed E-state index contributed by atoms with van der Waals surface area (Å²) in [4.78, 5) is 26.0. The largest absolute Gasteiger partial charge is 0.454 e. The van der Waals surface area contributed by atoms with Crippen molar-refractivity contribution in [3.05, 3.63) is 75.2 Å². The number of ether oxygens (including phenoxy) is 2. The van der Waals surface area contributed by atoms with E-state index >= 15 is 0 Å². The highest BCUT2D eigenvalue weighted by atomic mass is 32.2. The lowest BCUT2D eigenvalue weighted by molar-refractivity contribution is -0.385. The highest BCUT2D eigenvalue weighted by Gasteiger charge is 2.35. The van der Waals surface area contributed by atoms with Crippen LogP contribution in [0.3, 0.4) is 0 Å². The van der Waals surface area contributed by atoms with E-state index in [0.29, 0.717) is 26.4 Å². The maximum absolute atomic E-state index is 13.2. The van der Waals surface area contributed by atoms with Crippen LogP contribution in [0.15, 0.2) is 59.5 Å². The van der Waals surface area contributed by atoms with Gasteiger partial charge in [-0.1, -0.05) is 60.4 Å². The predicted molar refractivity (Wildman–Crippen MR) is 119 cm³/mol. The van der Waals surface area contributed by atoms with Crippen molar-refractivity contribution in [1.82, 2.24) is 0 Å². The SMILES string of the molecule is O=C1C(=Cc2cc3c(cc2[N+](=O)[O-])OCO3)SC(=S)N1c1cccc2ccccc12. The molecule has 0 N–H and O–H groups in total. The van der Waals surface area contributed by atoms with E-state index in [9.17, 15) is 14.9 Å². The third-order valence-electron chi connectivity index (χ3n) is 4.81. The normalized spacial score (nSPS) is 16.7. The van der Waals surface area contributed by atoms with Crippen molar-refractivity contribution in [2.45, 2.75) is 0 Å². The molecule has 0 aliphatic carbocycles. The zero-order chi connectivity index (χ0) is 20.8. The molecule has 2 heterocycles. The molecule has 0 bridgehead atoms. The van der Waals surface area contributed by atoms with Crippen molar-refractivity contribution in [2.75, 3.05) is 11.7 Å². The summed E-state index contributed by atoms with van der Waals surface area (Å²) >= 11 is 6.58. The van der Waals surface area contributed by atoms with Crippen molar-refractivity contribution in [2.24, 2.45) is 0 Å². The first-order chi connectivity index (χ1) is 14.5. The van der Waals surface area contributed by atoms with E-state index in [2.05, 4.69) is 0 Å². The molecule has 0 atom stereocenters. The number of nitro benzene ring substituents is 1. The zero-order valence-corrected chi connectivity index (χ0v) is 16.9. The fraction of sp³-hybridized carbons (Fsp3) is 0.0476. The number of rotatable bonds is 3. The second kappa shape index (κ2) is 7.12. The molecule has 0 unspecified atom stereocenters. The molecule has 2 aliphatic rings. The first-order valence-corrected chi connectivity index (χ1v) is 10.1. The van der Waals surface area contributed by atoms with Crippen molar-refractivity contribution in [3.63, 3.8) is 0 Å². The highest BCUT2D eigenvalue weighted by molar-refractivity contribution is 8.27. The van der Waals surface area contributed by atoms with Crippen LogP contribution in [0.2, 0.25) is 0 Å². The summed E-state index contributed by atoms with van der Waals surface area (Å²) in [6.45, 7) is -0.000855. The van der Waals surface area contributed by atoms with Gasteiger partial charge >= 0.3 is 0 Å². The van der Waals surface area contributed by atoms with Crippen molar-refractivity contribution in [1.29, 1.82) is 0 Å². The van der Waals surface area contributed by atoms with Gasteiger partial charge in [0.15, 0.2) is 15.8 Å². The summed E-state index contributed by atoms with van der Waals surface area (Å²) in [5.74, 6) is 0.381. The number of amides is 1. The Hall–Kier alpha value is -3.43. The van der Waals surface area contributed by atoms with Gasteiger partial charge in [0.25, 0.3) is 11.6 Å². The lowest BCUT2D eigenvalue weighted by Gasteiger charge is -2.17. The van der Waals surface area contributed by atoms with Gasteiger partial charge in [-0.15, -0.1) is 0 Å². The van der Waals surface area contributed by atoms with Gasteiger partial charge in [0.2, 0.25) is 6.79 Å². The number of nitro groups is 1. The summed E-state index contributed by atoms with van der Waals surface area (Å²) in [7, 11) is 0. The smallest absolute Gasteiger partial charge is 0.280 e. The van der Waals surface area contributed by atoms with Crippen LogP contribution in [-0.4, -0.2) is 21.9 Å². The number of hydrogen-bond donors (Lipinski definition) is 0. The fourth-order valence-corrected chi connectivity index (χ4v) is 4.72. The highest BCUT2D eigenvalue weighted by Crippen LogP contribution is 2.42. The standard InChI is InChI=1S/C21H12N2O5S2/c24-20-19(9-13-8-17-18(28-11-27-17)10-16(13)23(25)26)30-21(29)22(20)15-7-3-5-12-4-1-2-6-14(12)15/h1-10H,11H2. The summed E-state index contributed by atoms with van der Waals surface area (Å²) in [6, 6.07) is 16.2. The van der Waals surface area contributed by atoms with Crippen LogP contribution in [0.5, 0.6) is 11.5 Å². The van der Waals surface area contributed by atoms with Crippen molar-refractivity contribution < 1.29 is 19.2 Å². The summed E-state index contributed by atoms with van der Waals surface area (Å²) in [5.41, 5.74) is 0.761. The summed E-state index contributed by atoms with van der Waals surface area (Å²) in [6.07, 6.45) is 1.48. The molecular formula is C21H12N2O5S2. The Bertz CT molecular complexity index is 1280. The molecule has 1 saturated heterocycles. The first kappa shape index (κ1) is 18.6. The number of fused-ring (bicyclic) bond motifs is 2. The van der Waals surface area contributed by atoms with Gasteiger partial charge in [0, 0.05) is 5.39 Å². The lowest BCUT2D eigenvalue weighted by atomic mass is 10.1. The molecule has 30 heavy (non-hydrogen) atoms. The van der Waals surface area contributed by atoms with E-state index in [4.69, 9.17) is 21.7 Å². The molecule has 0 radical (unpaired) electrons. The van der Waals surface area contributed by atoms with Crippen LogP contribution in [0.1, 0.15) is 5.56 Å². The number of hydrogen-bond acceptors (Lipinski definition) is 7. The number of benzene rings is 3. The monoisotopic (exact) mass is 436 g/mol. The topological polar surface area (TPSA) is 81.9 Å². The van der Waals surface area contributed by atoms with Crippen LogP contribution in [-0.2, 0) is 4.79 Å². The maximum Gasteiger partial charge on any atom is 0.280 e. The Morgan fingerprint density at radius 2 is 1.83 bits per heavy atom. The minimum atomic E-state index is -0.515. The van der Waals surface area contributed by atoms with E-state index in [0.717, 1.165) is 22.5 Å². The Labute approximate surface area is 180 Å². The number of thiocarbonyl (C=S) groups is 1. The van der Waals surface area contributed by atoms with Crippen LogP contribution in [0, 0.1) is 10.1 Å². The van der Waals surface area contributed by atoms with Crippen LogP contribution < -0.4 is 14.4 Å². The van der Waals surface area contributed by atoms with Gasteiger partial charge in [-0.25, -0.2) is 0 Å². The summed E-state index contributed by atoms with van der Waals surface area (Å²) in [5, 5.41) is 13.4. The number of carbonyl (C=O) groups is 1. The molecule has 148 valence electrons. The molecular weight excluding hydrogens is 424 g/mol.